The molecule has 1 heterocycles. The van der Waals surface area contributed by atoms with E-state index >= 15 is 0 Å². The average molecular weight is 266 g/mol. The summed E-state index contributed by atoms with van der Waals surface area (Å²) in [5.74, 6) is 0.700. The Labute approximate surface area is 100 Å². The third-order valence-corrected chi connectivity index (χ3v) is 3.18. The summed E-state index contributed by atoms with van der Waals surface area (Å²) >= 11 is 0. The van der Waals surface area contributed by atoms with Crippen molar-refractivity contribution in [2.75, 3.05) is 0 Å². The molecule has 1 rings (SSSR count). The molecule has 0 aliphatic rings. The van der Waals surface area contributed by atoms with Crippen molar-refractivity contribution in [2.24, 2.45) is 0 Å². The molecular formula is C9H16ClN3O2S. The lowest BCUT2D eigenvalue weighted by Gasteiger charge is -2.25. The monoisotopic (exact) mass is 265 g/mol. The van der Waals surface area contributed by atoms with Crippen molar-refractivity contribution in [3.8, 4) is 0 Å². The highest BCUT2D eigenvalue weighted by atomic mass is 35.7. The Kier molecular flexibility index (Phi) is 3.36. The molecule has 0 radical (unpaired) electrons. The van der Waals surface area contributed by atoms with Crippen molar-refractivity contribution in [3.63, 3.8) is 0 Å². The van der Waals surface area contributed by atoms with E-state index in [1.54, 1.807) is 4.57 Å². The van der Waals surface area contributed by atoms with Crippen LogP contribution in [0.4, 0.5) is 0 Å². The van der Waals surface area contributed by atoms with Crippen LogP contribution in [0.15, 0.2) is 5.16 Å². The molecule has 0 saturated heterocycles. The first-order valence-corrected chi connectivity index (χ1v) is 7.26. The molecule has 0 N–H and O–H groups in total. The lowest BCUT2D eigenvalue weighted by atomic mass is 10.1. The van der Waals surface area contributed by atoms with Crippen LogP contribution >= 0.6 is 10.7 Å². The van der Waals surface area contributed by atoms with Crippen LogP contribution in [0.2, 0.25) is 0 Å². The van der Waals surface area contributed by atoms with Crippen LogP contribution in [0.1, 0.15) is 46.4 Å². The fourth-order valence-electron chi connectivity index (χ4n) is 1.44. The minimum absolute atomic E-state index is 0.0823. The Bertz CT molecular complexity index is 485. The van der Waals surface area contributed by atoms with E-state index in [4.69, 9.17) is 10.7 Å². The van der Waals surface area contributed by atoms with Crippen molar-refractivity contribution in [1.82, 2.24) is 14.8 Å². The molecule has 0 bridgehead atoms. The molecule has 0 aromatic carbocycles. The van der Waals surface area contributed by atoms with Crippen LogP contribution in [-0.4, -0.2) is 23.2 Å². The molecule has 0 atom stereocenters. The summed E-state index contributed by atoms with van der Waals surface area (Å²) in [6.45, 7) is 9.50. The van der Waals surface area contributed by atoms with E-state index in [2.05, 4.69) is 10.2 Å². The first kappa shape index (κ1) is 13.4. The van der Waals surface area contributed by atoms with E-state index in [9.17, 15) is 8.42 Å². The van der Waals surface area contributed by atoms with E-state index in [1.165, 1.54) is 0 Å². The van der Waals surface area contributed by atoms with Gasteiger partial charge in [0.2, 0.25) is 0 Å². The number of halogens is 1. The maximum atomic E-state index is 11.4. The predicted molar refractivity (Wildman–Crippen MR) is 62.1 cm³/mol. The van der Waals surface area contributed by atoms with Gasteiger partial charge in [-0.2, -0.15) is 0 Å². The summed E-state index contributed by atoms with van der Waals surface area (Å²) in [7, 11) is 1.47. The predicted octanol–water partition coefficient (Wildman–Crippen LogP) is 2.08. The van der Waals surface area contributed by atoms with Gasteiger partial charge in [0.1, 0.15) is 5.82 Å². The van der Waals surface area contributed by atoms with Gasteiger partial charge >= 0.3 is 0 Å². The maximum absolute atomic E-state index is 11.4. The van der Waals surface area contributed by atoms with Gasteiger partial charge in [0.15, 0.2) is 0 Å². The molecule has 0 unspecified atom stereocenters. The fraction of sp³-hybridized carbons (Fsp3) is 0.778. The minimum atomic E-state index is -3.87. The van der Waals surface area contributed by atoms with Crippen LogP contribution in [0.5, 0.6) is 0 Å². The van der Waals surface area contributed by atoms with E-state index in [0.29, 0.717) is 5.82 Å². The zero-order valence-electron chi connectivity index (χ0n) is 10.0. The highest BCUT2D eigenvalue weighted by Gasteiger charge is 2.30. The topological polar surface area (TPSA) is 64.8 Å². The second-order valence-corrected chi connectivity index (χ2v) is 7.40. The van der Waals surface area contributed by atoms with Gasteiger partial charge < -0.3 is 0 Å². The number of hydrogen-bond donors (Lipinski definition) is 0. The molecule has 5 nitrogen and oxygen atoms in total. The van der Waals surface area contributed by atoms with E-state index in [0.717, 1.165) is 0 Å². The molecule has 0 spiro atoms. The van der Waals surface area contributed by atoms with Crippen LogP contribution in [0.3, 0.4) is 0 Å². The molecule has 0 saturated carbocycles. The SMILES string of the molecule is CC(C)c1nnc(S(=O)(=O)Cl)n1C(C)(C)C. The first-order chi connectivity index (χ1) is 7.05. The van der Waals surface area contributed by atoms with Gasteiger partial charge in [0, 0.05) is 22.1 Å². The standard InChI is InChI=1S/C9H16ClN3O2S/c1-6(2)7-11-12-8(16(10,14)15)13(7)9(3,4)5/h6H,1-5H3. The van der Waals surface area contributed by atoms with Gasteiger partial charge in [-0.25, -0.2) is 8.42 Å². The Balaban J connectivity index is 3.56. The third-order valence-electron chi connectivity index (χ3n) is 2.06. The minimum Gasteiger partial charge on any atom is -0.295 e. The highest BCUT2D eigenvalue weighted by Crippen LogP contribution is 2.26. The van der Waals surface area contributed by atoms with E-state index < -0.39 is 14.6 Å². The maximum Gasteiger partial charge on any atom is 0.296 e. The summed E-state index contributed by atoms with van der Waals surface area (Å²) < 4.78 is 24.3. The number of aromatic nitrogens is 3. The van der Waals surface area contributed by atoms with Crippen LogP contribution in [0.25, 0.3) is 0 Å². The average Bonchev–Trinajstić information content (AvgIpc) is 2.43. The lowest BCUT2D eigenvalue weighted by molar-refractivity contribution is 0.346. The molecule has 1 aromatic rings. The molecule has 0 amide bonds. The molecule has 1 aromatic heterocycles. The molecule has 0 fully saturated rings. The van der Waals surface area contributed by atoms with Crippen molar-refractivity contribution >= 4 is 19.7 Å². The number of rotatable bonds is 2. The van der Waals surface area contributed by atoms with Gasteiger partial charge in [-0.1, -0.05) is 13.8 Å². The number of nitrogens with zero attached hydrogens (tertiary/aromatic N) is 3. The molecule has 0 aliphatic heterocycles. The summed E-state index contributed by atoms with van der Waals surface area (Å²) in [4.78, 5) is 0. The second-order valence-electron chi connectivity index (χ2n) is 4.94. The Hall–Kier alpha value is -0.620. The van der Waals surface area contributed by atoms with Gasteiger partial charge in [-0.05, 0) is 20.8 Å². The molecule has 16 heavy (non-hydrogen) atoms. The van der Waals surface area contributed by atoms with Gasteiger partial charge in [-0.15, -0.1) is 10.2 Å². The Morgan fingerprint density at radius 3 is 2.06 bits per heavy atom. The van der Waals surface area contributed by atoms with Crippen LogP contribution in [0, 0.1) is 0 Å². The molecule has 7 heteroatoms. The summed E-state index contributed by atoms with van der Waals surface area (Å²) in [6.07, 6.45) is 0. The zero-order valence-corrected chi connectivity index (χ0v) is 11.6. The Morgan fingerprint density at radius 1 is 1.25 bits per heavy atom. The highest BCUT2D eigenvalue weighted by molar-refractivity contribution is 8.13. The molecule has 0 aliphatic carbocycles. The van der Waals surface area contributed by atoms with Gasteiger partial charge in [0.25, 0.3) is 14.2 Å². The molecule has 92 valence electrons. The van der Waals surface area contributed by atoms with Crippen LogP contribution < -0.4 is 0 Å². The largest absolute Gasteiger partial charge is 0.296 e. The summed E-state index contributed by atoms with van der Waals surface area (Å²) in [5, 5.41) is 7.38. The van der Waals surface area contributed by atoms with Crippen molar-refractivity contribution < 1.29 is 8.42 Å². The fourth-order valence-corrected chi connectivity index (χ4v) is 2.47. The Morgan fingerprint density at radius 2 is 1.75 bits per heavy atom. The van der Waals surface area contributed by atoms with Crippen LogP contribution in [-0.2, 0) is 14.6 Å². The van der Waals surface area contributed by atoms with Gasteiger partial charge in [-0.3, -0.25) is 4.57 Å². The smallest absolute Gasteiger partial charge is 0.295 e. The first-order valence-electron chi connectivity index (χ1n) is 4.95. The number of hydrogen-bond acceptors (Lipinski definition) is 4. The van der Waals surface area contributed by atoms with Crippen molar-refractivity contribution in [3.05, 3.63) is 5.82 Å². The van der Waals surface area contributed by atoms with Gasteiger partial charge in [0.05, 0.1) is 0 Å². The quantitative estimate of drug-likeness (QED) is 0.768. The van der Waals surface area contributed by atoms with Crippen molar-refractivity contribution in [1.29, 1.82) is 0 Å². The second kappa shape index (κ2) is 4.00. The van der Waals surface area contributed by atoms with Crippen molar-refractivity contribution in [2.45, 2.75) is 51.2 Å². The van der Waals surface area contributed by atoms with E-state index in [1.807, 2.05) is 34.6 Å². The summed E-state index contributed by atoms with van der Waals surface area (Å²) in [5.41, 5.74) is -0.430. The van der Waals surface area contributed by atoms with E-state index in [-0.39, 0.29) is 11.1 Å². The third kappa shape index (κ3) is 2.55. The molecular weight excluding hydrogens is 250 g/mol. The normalized spacial score (nSPS) is 13.4. The summed E-state index contributed by atoms with van der Waals surface area (Å²) in [6, 6.07) is 0. The zero-order chi connectivity index (χ0) is 12.7. The lowest BCUT2D eigenvalue weighted by Crippen LogP contribution is -2.27.